The monoisotopic (exact) mass is 303 g/mol. The van der Waals surface area contributed by atoms with Gasteiger partial charge in [0.2, 0.25) is 0 Å². The molecule has 0 aliphatic carbocycles. The lowest BCUT2D eigenvalue weighted by Crippen LogP contribution is -2.48. The van der Waals surface area contributed by atoms with Crippen molar-refractivity contribution in [3.8, 4) is 0 Å². The van der Waals surface area contributed by atoms with Gasteiger partial charge in [-0.15, -0.1) is 0 Å². The third-order valence-electron chi connectivity index (χ3n) is 3.95. The molecule has 0 bridgehead atoms. The van der Waals surface area contributed by atoms with E-state index in [0.29, 0.717) is 29.7 Å². The maximum atomic E-state index is 12.4. The Labute approximate surface area is 127 Å². The molecule has 0 radical (unpaired) electrons. The Hall–Kier alpha value is -2.34. The van der Waals surface area contributed by atoms with Gasteiger partial charge in [0, 0.05) is 17.9 Å². The van der Waals surface area contributed by atoms with Gasteiger partial charge in [-0.3, -0.25) is 4.79 Å². The first-order valence-electron chi connectivity index (χ1n) is 7.24. The van der Waals surface area contributed by atoms with Gasteiger partial charge in [0.05, 0.1) is 12.2 Å². The quantitative estimate of drug-likeness (QED) is 0.902. The van der Waals surface area contributed by atoms with Gasteiger partial charge >= 0.3 is 5.97 Å². The van der Waals surface area contributed by atoms with Gasteiger partial charge in [0.25, 0.3) is 5.91 Å². The van der Waals surface area contributed by atoms with Crippen LogP contribution in [0, 0.1) is 5.92 Å². The summed E-state index contributed by atoms with van der Waals surface area (Å²) in [5, 5.41) is 12.7. The fraction of sp³-hybridized carbons (Fsp3) is 0.375. The molecule has 1 fully saturated rings. The summed E-state index contributed by atoms with van der Waals surface area (Å²) in [5.74, 6) is -1.70. The molecule has 2 atom stereocenters. The van der Waals surface area contributed by atoms with E-state index in [9.17, 15) is 14.7 Å². The Morgan fingerprint density at radius 3 is 2.86 bits per heavy atom. The lowest BCUT2D eigenvalue weighted by atomic mass is 9.93. The SMILES string of the molecule is O=C(NC(C(=O)O)C1CCCOC1)c1coc2ccccc12. The second kappa shape index (κ2) is 6.19. The average Bonchev–Trinajstić information content (AvgIpc) is 2.97. The van der Waals surface area contributed by atoms with Crippen molar-refractivity contribution >= 4 is 22.8 Å². The number of aliphatic carboxylic acids is 1. The zero-order valence-electron chi connectivity index (χ0n) is 12.0. The predicted molar refractivity (Wildman–Crippen MR) is 78.6 cm³/mol. The number of hydrogen-bond acceptors (Lipinski definition) is 4. The molecule has 1 aliphatic rings. The van der Waals surface area contributed by atoms with Gasteiger partial charge in [0.15, 0.2) is 0 Å². The lowest BCUT2D eigenvalue weighted by molar-refractivity contribution is -0.142. The molecule has 2 unspecified atom stereocenters. The molecule has 0 saturated carbocycles. The maximum absolute atomic E-state index is 12.4. The summed E-state index contributed by atoms with van der Waals surface area (Å²) in [7, 11) is 0. The van der Waals surface area contributed by atoms with Crippen LogP contribution in [0.15, 0.2) is 34.9 Å². The largest absolute Gasteiger partial charge is 0.480 e. The van der Waals surface area contributed by atoms with Crippen LogP contribution >= 0.6 is 0 Å². The Balaban J connectivity index is 1.80. The molecule has 1 aromatic carbocycles. The number of furan rings is 1. The van der Waals surface area contributed by atoms with Crippen molar-refractivity contribution in [2.75, 3.05) is 13.2 Å². The Morgan fingerprint density at radius 2 is 2.14 bits per heavy atom. The number of fused-ring (bicyclic) bond motifs is 1. The minimum atomic E-state index is -1.04. The van der Waals surface area contributed by atoms with Gasteiger partial charge in [0.1, 0.15) is 17.9 Å². The van der Waals surface area contributed by atoms with Gasteiger partial charge in [-0.25, -0.2) is 4.79 Å². The summed E-state index contributed by atoms with van der Waals surface area (Å²) in [6, 6.07) is 6.19. The van der Waals surface area contributed by atoms with Crippen molar-refractivity contribution in [3.05, 3.63) is 36.1 Å². The van der Waals surface area contributed by atoms with Gasteiger partial charge in [-0.1, -0.05) is 18.2 Å². The second-order valence-electron chi connectivity index (χ2n) is 5.41. The van der Waals surface area contributed by atoms with Crippen molar-refractivity contribution < 1.29 is 23.8 Å². The molecule has 0 spiro atoms. The van der Waals surface area contributed by atoms with Crippen LogP contribution < -0.4 is 5.32 Å². The van der Waals surface area contributed by atoms with Crippen LogP contribution in [-0.4, -0.2) is 36.2 Å². The first-order chi connectivity index (χ1) is 10.7. The number of carbonyl (C=O) groups is 2. The number of ether oxygens (including phenoxy) is 1. The Morgan fingerprint density at radius 1 is 1.32 bits per heavy atom. The first kappa shape index (κ1) is 14.6. The maximum Gasteiger partial charge on any atom is 0.326 e. The average molecular weight is 303 g/mol. The molecule has 1 amide bonds. The summed E-state index contributed by atoms with van der Waals surface area (Å²) < 4.78 is 10.6. The second-order valence-corrected chi connectivity index (χ2v) is 5.41. The molecule has 1 saturated heterocycles. The van der Waals surface area contributed by atoms with Crippen LogP contribution in [0.25, 0.3) is 11.0 Å². The highest BCUT2D eigenvalue weighted by Gasteiger charge is 2.32. The molecule has 6 heteroatoms. The first-order valence-corrected chi connectivity index (χ1v) is 7.24. The Bertz CT molecular complexity index is 687. The van der Waals surface area contributed by atoms with Crippen LogP contribution in [-0.2, 0) is 9.53 Å². The van der Waals surface area contributed by atoms with Gasteiger partial charge in [-0.05, 0) is 18.9 Å². The highest BCUT2D eigenvalue weighted by molar-refractivity contribution is 6.06. The summed E-state index contributed by atoms with van der Waals surface area (Å²) in [6.07, 6.45) is 2.89. The van der Waals surface area contributed by atoms with Crippen LogP contribution in [0.2, 0.25) is 0 Å². The summed E-state index contributed by atoms with van der Waals surface area (Å²) in [5.41, 5.74) is 0.944. The predicted octanol–water partition coefficient (Wildman–Crippen LogP) is 2.04. The molecule has 6 nitrogen and oxygen atoms in total. The van der Waals surface area contributed by atoms with Gasteiger partial charge < -0.3 is 19.6 Å². The lowest BCUT2D eigenvalue weighted by Gasteiger charge is -2.27. The van der Waals surface area contributed by atoms with Crippen molar-refractivity contribution in [2.24, 2.45) is 5.92 Å². The van der Waals surface area contributed by atoms with Crippen LogP contribution in [0.4, 0.5) is 0 Å². The fourth-order valence-electron chi connectivity index (χ4n) is 2.78. The highest BCUT2D eigenvalue weighted by atomic mass is 16.5. The number of nitrogens with one attached hydrogen (secondary N) is 1. The number of carboxylic acids is 1. The molecule has 1 aromatic heterocycles. The van der Waals surface area contributed by atoms with E-state index in [-0.39, 0.29) is 5.92 Å². The zero-order chi connectivity index (χ0) is 15.5. The summed E-state index contributed by atoms with van der Waals surface area (Å²) >= 11 is 0. The molecular formula is C16H17NO5. The van der Waals surface area contributed by atoms with E-state index < -0.39 is 17.9 Å². The summed E-state index contributed by atoms with van der Waals surface area (Å²) in [4.78, 5) is 23.9. The molecule has 1 aliphatic heterocycles. The van der Waals surface area contributed by atoms with Crippen LogP contribution in [0.3, 0.4) is 0 Å². The number of rotatable bonds is 4. The van der Waals surface area contributed by atoms with Crippen LogP contribution in [0.5, 0.6) is 0 Å². The van der Waals surface area contributed by atoms with E-state index in [1.807, 2.05) is 6.07 Å². The molecule has 116 valence electrons. The van der Waals surface area contributed by atoms with E-state index in [1.165, 1.54) is 6.26 Å². The van der Waals surface area contributed by atoms with Crippen molar-refractivity contribution in [1.29, 1.82) is 0 Å². The number of carbonyl (C=O) groups excluding carboxylic acids is 1. The standard InChI is InChI=1S/C16H17NO5/c18-15(12-9-22-13-6-2-1-5-11(12)13)17-14(16(19)20)10-4-3-7-21-8-10/h1-2,5-6,9-10,14H,3-4,7-8H2,(H,17,18)(H,19,20). The molecule has 2 heterocycles. The van der Waals surface area contributed by atoms with E-state index >= 15 is 0 Å². The third-order valence-corrected chi connectivity index (χ3v) is 3.95. The molecule has 2 aromatic rings. The van der Waals surface area contributed by atoms with Crippen molar-refractivity contribution in [2.45, 2.75) is 18.9 Å². The smallest absolute Gasteiger partial charge is 0.326 e. The van der Waals surface area contributed by atoms with Crippen LogP contribution in [0.1, 0.15) is 23.2 Å². The Kier molecular flexibility index (Phi) is 4.11. The van der Waals surface area contributed by atoms with E-state index in [2.05, 4.69) is 5.32 Å². The molecule has 22 heavy (non-hydrogen) atoms. The zero-order valence-corrected chi connectivity index (χ0v) is 12.0. The minimum absolute atomic E-state index is 0.214. The number of hydrogen-bond donors (Lipinski definition) is 2. The molecule has 2 N–H and O–H groups in total. The highest BCUT2D eigenvalue weighted by Crippen LogP contribution is 2.22. The summed E-state index contributed by atoms with van der Waals surface area (Å²) in [6.45, 7) is 0.993. The van der Waals surface area contributed by atoms with E-state index in [0.717, 1.165) is 12.8 Å². The number of carboxylic acid groups (broad SMARTS) is 1. The molecule has 3 rings (SSSR count). The normalized spacial score (nSPS) is 19.7. The van der Waals surface area contributed by atoms with Gasteiger partial charge in [-0.2, -0.15) is 0 Å². The number of benzene rings is 1. The number of amides is 1. The molecular weight excluding hydrogens is 286 g/mol. The van der Waals surface area contributed by atoms with E-state index in [1.54, 1.807) is 18.2 Å². The number of para-hydroxylation sites is 1. The third kappa shape index (κ3) is 2.82. The minimum Gasteiger partial charge on any atom is -0.480 e. The van der Waals surface area contributed by atoms with E-state index in [4.69, 9.17) is 9.15 Å². The van der Waals surface area contributed by atoms with Crippen molar-refractivity contribution in [1.82, 2.24) is 5.32 Å². The van der Waals surface area contributed by atoms with Crippen molar-refractivity contribution in [3.63, 3.8) is 0 Å². The topological polar surface area (TPSA) is 88.8 Å². The fourth-order valence-corrected chi connectivity index (χ4v) is 2.78.